The topological polar surface area (TPSA) is 42.2 Å². The molecular formula is C11H15BrClNO2. The van der Waals surface area contributed by atoms with E-state index in [1.54, 1.807) is 6.07 Å². The molecule has 0 aromatic carbocycles. The van der Waals surface area contributed by atoms with Gasteiger partial charge in [-0.25, -0.2) is 0 Å². The van der Waals surface area contributed by atoms with Crippen molar-refractivity contribution in [1.82, 2.24) is 5.32 Å². The second-order valence-electron chi connectivity index (χ2n) is 4.04. The summed E-state index contributed by atoms with van der Waals surface area (Å²) >= 11 is 9.22. The van der Waals surface area contributed by atoms with Gasteiger partial charge in [0.25, 0.3) is 5.91 Å². The molecule has 1 amide bonds. The number of hydrogen-bond donors (Lipinski definition) is 1. The van der Waals surface area contributed by atoms with Gasteiger partial charge in [0.2, 0.25) is 0 Å². The Morgan fingerprint density at radius 3 is 2.81 bits per heavy atom. The monoisotopic (exact) mass is 307 g/mol. The fraction of sp³-hybridized carbons (Fsp3) is 0.545. The number of rotatable bonds is 5. The molecule has 1 heterocycles. The number of hydrogen-bond acceptors (Lipinski definition) is 2. The Morgan fingerprint density at radius 1 is 1.62 bits per heavy atom. The van der Waals surface area contributed by atoms with Gasteiger partial charge in [0.05, 0.1) is 17.2 Å². The van der Waals surface area contributed by atoms with Crippen LogP contribution in [0.4, 0.5) is 0 Å². The summed E-state index contributed by atoms with van der Waals surface area (Å²) in [5.74, 6) is 0.357. The molecule has 0 aliphatic carbocycles. The quantitative estimate of drug-likeness (QED) is 0.847. The number of furan rings is 1. The Bertz CT molecular complexity index is 352. The van der Waals surface area contributed by atoms with Gasteiger partial charge in [-0.05, 0) is 34.3 Å². The van der Waals surface area contributed by atoms with Gasteiger partial charge in [0.15, 0.2) is 4.67 Å². The van der Waals surface area contributed by atoms with Crippen molar-refractivity contribution in [2.24, 2.45) is 5.92 Å². The number of alkyl halides is 1. The van der Waals surface area contributed by atoms with Gasteiger partial charge in [0.1, 0.15) is 0 Å². The van der Waals surface area contributed by atoms with E-state index in [0.29, 0.717) is 22.7 Å². The van der Waals surface area contributed by atoms with Crippen molar-refractivity contribution in [1.29, 1.82) is 0 Å². The fourth-order valence-corrected chi connectivity index (χ4v) is 2.20. The Balaban J connectivity index is 2.39. The summed E-state index contributed by atoms with van der Waals surface area (Å²) in [7, 11) is 0. The van der Waals surface area contributed by atoms with E-state index in [0.717, 1.165) is 6.42 Å². The lowest BCUT2D eigenvalue weighted by Gasteiger charge is -2.12. The molecule has 90 valence electrons. The first-order valence-electron chi connectivity index (χ1n) is 5.16. The van der Waals surface area contributed by atoms with Crippen LogP contribution in [0.15, 0.2) is 21.4 Å². The summed E-state index contributed by atoms with van der Waals surface area (Å²) in [6.07, 6.45) is 2.35. The molecule has 1 unspecified atom stereocenters. The predicted octanol–water partition coefficient (Wildman–Crippen LogP) is 3.43. The summed E-state index contributed by atoms with van der Waals surface area (Å²) in [6.45, 7) is 4.67. The van der Waals surface area contributed by atoms with Crippen molar-refractivity contribution < 1.29 is 9.21 Å². The standard InChI is InChI=1S/C11H15BrClNO2/c1-7(2)5-8(13)6-14-11(15)9-3-4-16-10(9)12/h3-4,7-8H,5-6H2,1-2H3,(H,14,15). The van der Waals surface area contributed by atoms with Crippen LogP contribution in [0.3, 0.4) is 0 Å². The third-order valence-corrected chi connectivity index (χ3v) is 3.02. The summed E-state index contributed by atoms with van der Waals surface area (Å²) in [5.41, 5.74) is 0.494. The van der Waals surface area contributed by atoms with Crippen molar-refractivity contribution in [2.45, 2.75) is 25.6 Å². The van der Waals surface area contributed by atoms with Gasteiger partial charge >= 0.3 is 0 Å². The zero-order valence-corrected chi connectivity index (χ0v) is 11.6. The first kappa shape index (κ1) is 13.6. The van der Waals surface area contributed by atoms with Crippen LogP contribution in [-0.4, -0.2) is 17.8 Å². The molecule has 0 bridgehead atoms. The van der Waals surface area contributed by atoms with Crippen LogP contribution in [0.1, 0.15) is 30.6 Å². The first-order valence-corrected chi connectivity index (χ1v) is 6.39. The van der Waals surface area contributed by atoms with E-state index in [4.69, 9.17) is 16.0 Å². The Labute approximate surface area is 109 Å². The molecule has 5 heteroatoms. The maximum atomic E-state index is 11.7. The number of nitrogens with one attached hydrogen (secondary N) is 1. The van der Waals surface area contributed by atoms with Crippen LogP contribution in [0, 0.1) is 5.92 Å². The first-order chi connectivity index (χ1) is 7.50. The van der Waals surface area contributed by atoms with Crippen molar-refractivity contribution >= 4 is 33.4 Å². The lowest BCUT2D eigenvalue weighted by molar-refractivity contribution is 0.0951. The lowest BCUT2D eigenvalue weighted by atomic mass is 10.1. The molecule has 1 rings (SSSR count). The van der Waals surface area contributed by atoms with Crippen LogP contribution < -0.4 is 5.32 Å². The Hall–Kier alpha value is -0.480. The van der Waals surface area contributed by atoms with E-state index in [1.807, 2.05) is 0 Å². The Kier molecular flexibility index (Phi) is 5.35. The third-order valence-electron chi connectivity index (χ3n) is 2.07. The molecule has 0 spiro atoms. The van der Waals surface area contributed by atoms with Crippen LogP contribution in [0.25, 0.3) is 0 Å². The summed E-state index contributed by atoms with van der Waals surface area (Å²) < 4.78 is 5.42. The third kappa shape index (κ3) is 4.18. The highest BCUT2D eigenvalue weighted by Gasteiger charge is 2.14. The van der Waals surface area contributed by atoms with Crippen molar-refractivity contribution in [3.05, 3.63) is 22.6 Å². The van der Waals surface area contributed by atoms with E-state index < -0.39 is 0 Å². The van der Waals surface area contributed by atoms with E-state index >= 15 is 0 Å². The molecule has 1 aromatic rings. The highest BCUT2D eigenvalue weighted by atomic mass is 79.9. The normalized spacial score (nSPS) is 12.8. The highest BCUT2D eigenvalue weighted by Crippen LogP contribution is 2.17. The number of halogens is 2. The molecule has 0 radical (unpaired) electrons. The molecule has 1 N–H and O–H groups in total. The van der Waals surface area contributed by atoms with Crippen LogP contribution in [0.2, 0.25) is 0 Å². The van der Waals surface area contributed by atoms with Gasteiger partial charge in [-0.3, -0.25) is 4.79 Å². The van der Waals surface area contributed by atoms with Crippen LogP contribution in [0.5, 0.6) is 0 Å². The van der Waals surface area contributed by atoms with E-state index in [1.165, 1.54) is 6.26 Å². The van der Waals surface area contributed by atoms with Gasteiger partial charge in [-0.1, -0.05) is 13.8 Å². The maximum absolute atomic E-state index is 11.7. The van der Waals surface area contributed by atoms with E-state index in [-0.39, 0.29) is 11.3 Å². The second kappa shape index (κ2) is 6.30. The molecule has 3 nitrogen and oxygen atoms in total. The molecule has 1 atom stereocenters. The average molecular weight is 309 g/mol. The molecule has 0 saturated carbocycles. The van der Waals surface area contributed by atoms with Gasteiger partial charge in [0, 0.05) is 6.54 Å². The van der Waals surface area contributed by atoms with Crippen LogP contribution in [-0.2, 0) is 0 Å². The molecular weight excluding hydrogens is 293 g/mol. The number of carbonyl (C=O) groups excluding carboxylic acids is 1. The minimum absolute atomic E-state index is 0.0328. The summed E-state index contributed by atoms with van der Waals surface area (Å²) in [5, 5.41) is 2.74. The lowest BCUT2D eigenvalue weighted by Crippen LogP contribution is -2.30. The number of amides is 1. The highest BCUT2D eigenvalue weighted by molar-refractivity contribution is 9.10. The second-order valence-corrected chi connectivity index (χ2v) is 5.38. The average Bonchev–Trinajstić information content (AvgIpc) is 2.60. The summed E-state index contributed by atoms with van der Waals surface area (Å²) in [4.78, 5) is 11.7. The van der Waals surface area contributed by atoms with E-state index in [2.05, 4.69) is 35.1 Å². The molecule has 0 fully saturated rings. The smallest absolute Gasteiger partial charge is 0.255 e. The fourth-order valence-electron chi connectivity index (χ4n) is 1.35. The Morgan fingerprint density at radius 2 is 2.31 bits per heavy atom. The minimum atomic E-state index is -0.171. The van der Waals surface area contributed by atoms with Gasteiger partial charge < -0.3 is 9.73 Å². The minimum Gasteiger partial charge on any atom is -0.457 e. The van der Waals surface area contributed by atoms with Crippen LogP contribution >= 0.6 is 27.5 Å². The SMILES string of the molecule is CC(C)CC(Cl)CNC(=O)c1ccoc1Br. The molecule has 0 saturated heterocycles. The maximum Gasteiger partial charge on any atom is 0.255 e. The molecule has 0 aliphatic rings. The van der Waals surface area contributed by atoms with Crippen molar-refractivity contribution in [2.75, 3.05) is 6.54 Å². The zero-order chi connectivity index (χ0) is 12.1. The number of carbonyl (C=O) groups is 1. The zero-order valence-electron chi connectivity index (χ0n) is 9.30. The molecule has 1 aromatic heterocycles. The van der Waals surface area contributed by atoms with Crippen molar-refractivity contribution in [3.63, 3.8) is 0 Å². The summed E-state index contributed by atoms with van der Waals surface area (Å²) in [6, 6.07) is 1.62. The van der Waals surface area contributed by atoms with E-state index in [9.17, 15) is 4.79 Å². The van der Waals surface area contributed by atoms with Gasteiger partial charge in [-0.15, -0.1) is 11.6 Å². The molecule has 0 aliphatic heterocycles. The van der Waals surface area contributed by atoms with Crippen molar-refractivity contribution in [3.8, 4) is 0 Å². The molecule has 16 heavy (non-hydrogen) atoms. The largest absolute Gasteiger partial charge is 0.457 e. The predicted molar refractivity (Wildman–Crippen MR) is 67.8 cm³/mol. The van der Waals surface area contributed by atoms with Gasteiger partial charge in [-0.2, -0.15) is 0 Å².